The molecule has 0 radical (unpaired) electrons. The number of nitrogens with zero attached hydrogens (tertiary/aromatic N) is 4. The zero-order valence-electron chi connectivity index (χ0n) is 21.9. The average molecular weight is 509 g/mol. The lowest BCUT2D eigenvalue weighted by atomic mass is 9.95. The van der Waals surface area contributed by atoms with Crippen LogP contribution in [0.1, 0.15) is 29.4 Å². The Bertz CT molecular complexity index is 1350. The number of Topliss-reactive ketones (excluding diaryl/α,β-unsaturated/α-hetero) is 1. The maximum absolute atomic E-state index is 13.5. The van der Waals surface area contributed by atoms with E-state index in [0.29, 0.717) is 52.8 Å². The van der Waals surface area contributed by atoms with Crippen LogP contribution in [0.3, 0.4) is 0 Å². The summed E-state index contributed by atoms with van der Waals surface area (Å²) in [5.41, 5.74) is 2.04. The first kappa shape index (κ1) is 26.0. The van der Waals surface area contributed by atoms with E-state index in [1.807, 2.05) is 25.1 Å². The van der Waals surface area contributed by atoms with Gasteiger partial charge in [0, 0.05) is 12.7 Å². The number of amides is 1. The largest absolute Gasteiger partial charge is 0.505 e. The smallest absolute Gasteiger partial charge is 0.295 e. The fourth-order valence-corrected chi connectivity index (χ4v) is 4.80. The molecule has 1 saturated heterocycles. The number of hydrogen-bond acceptors (Lipinski definition) is 8. The van der Waals surface area contributed by atoms with Crippen LogP contribution < -0.4 is 14.2 Å². The maximum Gasteiger partial charge on any atom is 0.295 e. The third kappa shape index (κ3) is 4.60. The highest BCUT2D eigenvalue weighted by Gasteiger charge is 2.47. The quantitative estimate of drug-likeness (QED) is 0.267. The van der Waals surface area contributed by atoms with Gasteiger partial charge in [-0.2, -0.15) is 0 Å². The zero-order chi connectivity index (χ0) is 26.9. The number of methoxy groups -OCH3 is 3. The molecule has 3 aromatic rings. The maximum atomic E-state index is 13.5. The summed E-state index contributed by atoms with van der Waals surface area (Å²) in [4.78, 5) is 34.8. The zero-order valence-corrected chi connectivity index (χ0v) is 21.9. The molecule has 0 bridgehead atoms. The number of aliphatic hydroxyl groups is 1. The molecule has 1 aliphatic rings. The van der Waals surface area contributed by atoms with Crippen molar-refractivity contribution in [3.05, 3.63) is 59.1 Å². The van der Waals surface area contributed by atoms with Crippen LogP contribution in [-0.4, -0.2) is 84.5 Å². The number of carbonyl (C=O) groups is 2. The molecular weight excluding hydrogens is 476 g/mol. The lowest BCUT2D eigenvalue weighted by Gasteiger charge is -2.27. The first-order valence-corrected chi connectivity index (χ1v) is 11.9. The highest BCUT2D eigenvalue weighted by atomic mass is 16.5. The molecule has 0 aliphatic carbocycles. The van der Waals surface area contributed by atoms with Crippen molar-refractivity contribution in [2.75, 3.05) is 48.5 Å². The molecule has 2 aromatic heterocycles. The Balaban J connectivity index is 1.95. The van der Waals surface area contributed by atoms with Crippen molar-refractivity contribution in [3.8, 4) is 17.2 Å². The summed E-state index contributed by atoms with van der Waals surface area (Å²) in [6.45, 7) is 2.79. The fourth-order valence-electron chi connectivity index (χ4n) is 4.80. The summed E-state index contributed by atoms with van der Waals surface area (Å²) in [6, 6.07) is 7.98. The van der Waals surface area contributed by atoms with Crippen LogP contribution in [0.5, 0.6) is 17.2 Å². The minimum Gasteiger partial charge on any atom is -0.505 e. The average Bonchev–Trinajstić information content (AvgIpc) is 3.35. The highest BCUT2D eigenvalue weighted by Crippen LogP contribution is 2.46. The number of benzene rings is 1. The number of ether oxygens (including phenoxy) is 3. The molecule has 1 aliphatic heterocycles. The number of aromatic nitrogens is 2. The first-order valence-electron chi connectivity index (χ1n) is 11.9. The molecule has 1 aromatic carbocycles. The van der Waals surface area contributed by atoms with Gasteiger partial charge >= 0.3 is 0 Å². The number of ketones is 1. The van der Waals surface area contributed by atoms with E-state index < -0.39 is 17.7 Å². The SMILES string of the molecule is COc1cc([C@@H]2/C(=C(\O)c3c(C)nc4ccccn34)C(=O)C(=O)N2CCCN(C)C)cc(OC)c1OC. The van der Waals surface area contributed by atoms with E-state index in [1.54, 1.807) is 41.8 Å². The Morgan fingerprint density at radius 2 is 1.76 bits per heavy atom. The Morgan fingerprint density at radius 3 is 2.35 bits per heavy atom. The van der Waals surface area contributed by atoms with E-state index in [4.69, 9.17) is 14.2 Å². The Kier molecular flexibility index (Phi) is 7.40. The van der Waals surface area contributed by atoms with Crippen LogP contribution in [0.15, 0.2) is 42.1 Å². The number of carbonyl (C=O) groups excluding carboxylic acids is 2. The third-order valence-electron chi connectivity index (χ3n) is 6.48. The molecule has 10 heteroatoms. The number of fused-ring (bicyclic) bond motifs is 1. The number of hydrogen-bond donors (Lipinski definition) is 1. The number of aliphatic hydroxyl groups excluding tert-OH is 1. The van der Waals surface area contributed by atoms with E-state index in [9.17, 15) is 14.7 Å². The Labute approximate surface area is 215 Å². The van der Waals surface area contributed by atoms with Gasteiger partial charge in [-0.15, -0.1) is 0 Å². The van der Waals surface area contributed by atoms with Crippen LogP contribution >= 0.6 is 0 Å². The second kappa shape index (κ2) is 10.5. The lowest BCUT2D eigenvalue weighted by molar-refractivity contribution is -0.139. The van der Waals surface area contributed by atoms with Gasteiger partial charge < -0.3 is 29.1 Å². The molecule has 1 N–H and O–H groups in total. The highest BCUT2D eigenvalue weighted by molar-refractivity contribution is 6.46. The van der Waals surface area contributed by atoms with Crippen molar-refractivity contribution >= 4 is 23.1 Å². The Hall–Kier alpha value is -4.05. The van der Waals surface area contributed by atoms with E-state index in [0.717, 1.165) is 6.54 Å². The first-order chi connectivity index (χ1) is 17.7. The molecule has 196 valence electrons. The predicted molar refractivity (Wildman–Crippen MR) is 138 cm³/mol. The van der Waals surface area contributed by atoms with E-state index in [2.05, 4.69) is 4.98 Å². The van der Waals surface area contributed by atoms with Gasteiger partial charge in [0.15, 0.2) is 17.3 Å². The summed E-state index contributed by atoms with van der Waals surface area (Å²) in [6.07, 6.45) is 2.39. The van der Waals surface area contributed by atoms with Gasteiger partial charge in [0.05, 0.1) is 38.6 Å². The summed E-state index contributed by atoms with van der Waals surface area (Å²) < 4.78 is 18.2. The van der Waals surface area contributed by atoms with Crippen LogP contribution in [0.4, 0.5) is 0 Å². The van der Waals surface area contributed by atoms with Crippen molar-refractivity contribution in [2.45, 2.75) is 19.4 Å². The topological polar surface area (TPSA) is 106 Å². The van der Waals surface area contributed by atoms with Crippen molar-refractivity contribution in [1.82, 2.24) is 19.2 Å². The monoisotopic (exact) mass is 508 g/mol. The molecule has 0 saturated carbocycles. The number of likely N-dealkylation sites (tertiary alicyclic amines) is 1. The summed E-state index contributed by atoms with van der Waals surface area (Å²) in [5, 5.41) is 11.6. The Morgan fingerprint density at radius 1 is 1.08 bits per heavy atom. The molecule has 1 atom stereocenters. The summed E-state index contributed by atoms with van der Waals surface area (Å²) in [7, 11) is 8.38. The summed E-state index contributed by atoms with van der Waals surface area (Å²) >= 11 is 0. The van der Waals surface area contributed by atoms with Crippen LogP contribution in [0.2, 0.25) is 0 Å². The molecule has 10 nitrogen and oxygen atoms in total. The number of imidazole rings is 1. The van der Waals surface area contributed by atoms with Crippen LogP contribution in [-0.2, 0) is 9.59 Å². The van der Waals surface area contributed by atoms with E-state index in [1.165, 1.54) is 26.2 Å². The van der Waals surface area contributed by atoms with Gasteiger partial charge in [0.2, 0.25) is 5.75 Å². The molecule has 0 spiro atoms. The number of aryl methyl sites for hydroxylation is 1. The van der Waals surface area contributed by atoms with Crippen molar-refractivity contribution in [1.29, 1.82) is 0 Å². The van der Waals surface area contributed by atoms with Gasteiger partial charge in [-0.05, 0) is 63.8 Å². The fraction of sp³-hybridized carbons (Fsp3) is 0.370. The number of pyridine rings is 1. The predicted octanol–water partition coefficient (Wildman–Crippen LogP) is 3.04. The molecule has 1 fully saturated rings. The lowest BCUT2D eigenvalue weighted by Crippen LogP contribution is -2.32. The van der Waals surface area contributed by atoms with Crippen LogP contribution in [0, 0.1) is 6.92 Å². The van der Waals surface area contributed by atoms with Crippen molar-refractivity contribution in [2.24, 2.45) is 0 Å². The van der Waals surface area contributed by atoms with E-state index >= 15 is 0 Å². The van der Waals surface area contributed by atoms with Crippen LogP contribution in [0.25, 0.3) is 11.4 Å². The molecule has 4 rings (SSSR count). The van der Waals surface area contributed by atoms with Crippen molar-refractivity contribution in [3.63, 3.8) is 0 Å². The molecule has 0 unspecified atom stereocenters. The van der Waals surface area contributed by atoms with E-state index in [-0.39, 0.29) is 11.3 Å². The molecule has 1 amide bonds. The second-order valence-corrected chi connectivity index (χ2v) is 9.08. The van der Waals surface area contributed by atoms with Crippen molar-refractivity contribution < 1.29 is 28.9 Å². The van der Waals surface area contributed by atoms with Gasteiger partial charge in [-0.1, -0.05) is 6.07 Å². The summed E-state index contributed by atoms with van der Waals surface area (Å²) in [5.74, 6) is -0.584. The minimum absolute atomic E-state index is 0.0159. The standard InChI is InChI=1S/C27H32N4O6/c1-16-22(30-12-8-7-10-20(30)28-16)24(32)21-23(31(27(34)25(21)33)13-9-11-29(2)3)17-14-18(35-4)26(37-6)19(15-17)36-5/h7-8,10,12,14-15,23,32H,9,11,13H2,1-6H3/b24-21+/t23-/m1/s1. The molecular formula is C27H32N4O6. The minimum atomic E-state index is -0.871. The molecule has 37 heavy (non-hydrogen) atoms. The normalized spacial score (nSPS) is 17.2. The number of rotatable bonds is 9. The molecule has 3 heterocycles. The second-order valence-electron chi connectivity index (χ2n) is 9.08. The van der Waals surface area contributed by atoms with Gasteiger partial charge in [0.25, 0.3) is 11.7 Å². The van der Waals surface area contributed by atoms with Gasteiger partial charge in [-0.3, -0.25) is 14.0 Å². The third-order valence-corrected chi connectivity index (χ3v) is 6.48. The van der Waals surface area contributed by atoms with Gasteiger partial charge in [-0.25, -0.2) is 4.98 Å². The van der Waals surface area contributed by atoms with Gasteiger partial charge in [0.1, 0.15) is 11.3 Å².